The molecule has 20 heavy (non-hydrogen) atoms. The molecule has 2 N–H and O–H groups in total. The number of rotatable bonds is 3. The number of benzene rings is 1. The average Bonchev–Trinajstić information content (AvgIpc) is 2.46. The van der Waals surface area contributed by atoms with Crippen molar-refractivity contribution in [3.05, 3.63) is 42.1 Å². The summed E-state index contributed by atoms with van der Waals surface area (Å²) in [5, 5.41) is 6.47. The summed E-state index contributed by atoms with van der Waals surface area (Å²) in [6, 6.07) is 7.74. The van der Waals surface area contributed by atoms with E-state index < -0.39 is 5.92 Å². The summed E-state index contributed by atoms with van der Waals surface area (Å²) in [6.07, 6.45) is 2.02. The third-order valence-corrected chi connectivity index (χ3v) is 4.16. The normalized spacial score (nSPS) is 21.9. The molecule has 0 aliphatic carbocycles. The molecule has 2 unspecified atom stereocenters. The first-order valence-electron chi connectivity index (χ1n) is 6.05. The SMILES string of the molecule is C=C1NC(=S)NC(c2ccc(SC)cc2)C1C(=O)OC. The van der Waals surface area contributed by atoms with Gasteiger partial charge in [0, 0.05) is 10.6 Å². The number of nitrogens with one attached hydrogen (secondary N) is 2. The lowest BCUT2D eigenvalue weighted by Gasteiger charge is -2.34. The van der Waals surface area contributed by atoms with Crippen molar-refractivity contribution >= 4 is 35.1 Å². The van der Waals surface area contributed by atoms with E-state index in [1.54, 1.807) is 11.8 Å². The van der Waals surface area contributed by atoms with Crippen LogP contribution in [0.15, 0.2) is 41.4 Å². The molecule has 0 saturated carbocycles. The lowest BCUT2D eigenvalue weighted by molar-refractivity contribution is -0.145. The quantitative estimate of drug-likeness (QED) is 0.507. The first kappa shape index (κ1) is 14.9. The molecule has 0 bridgehead atoms. The van der Waals surface area contributed by atoms with Crippen LogP contribution in [0.2, 0.25) is 0 Å². The predicted octanol–water partition coefficient (Wildman–Crippen LogP) is 2.23. The number of ether oxygens (including phenoxy) is 1. The van der Waals surface area contributed by atoms with E-state index in [9.17, 15) is 4.79 Å². The van der Waals surface area contributed by atoms with E-state index in [2.05, 4.69) is 17.2 Å². The largest absolute Gasteiger partial charge is 0.468 e. The van der Waals surface area contributed by atoms with E-state index in [1.807, 2.05) is 30.5 Å². The molecule has 106 valence electrons. The fourth-order valence-corrected chi connectivity index (χ4v) is 2.84. The van der Waals surface area contributed by atoms with Gasteiger partial charge in [-0.3, -0.25) is 4.79 Å². The van der Waals surface area contributed by atoms with Crippen molar-refractivity contribution in [2.75, 3.05) is 13.4 Å². The van der Waals surface area contributed by atoms with Gasteiger partial charge in [-0.2, -0.15) is 0 Å². The zero-order valence-corrected chi connectivity index (χ0v) is 12.9. The molecule has 1 aromatic carbocycles. The standard InChI is InChI=1S/C14H16N2O2S2/c1-8-11(13(17)18-2)12(16-14(19)15-8)9-4-6-10(20-3)7-5-9/h4-7,11-12H,1H2,2-3H3,(H2,15,16,19). The van der Waals surface area contributed by atoms with Crippen LogP contribution in [0, 0.1) is 5.92 Å². The Kier molecular flexibility index (Phi) is 4.67. The smallest absolute Gasteiger partial charge is 0.317 e. The number of hydrogen-bond donors (Lipinski definition) is 2. The van der Waals surface area contributed by atoms with Gasteiger partial charge in [-0.25, -0.2) is 0 Å². The van der Waals surface area contributed by atoms with Crippen LogP contribution in [-0.2, 0) is 9.53 Å². The lowest BCUT2D eigenvalue weighted by atomic mass is 9.89. The van der Waals surface area contributed by atoms with Crippen molar-refractivity contribution in [1.82, 2.24) is 10.6 Å². The minimum absolute atomic E-state index is 0.264. The van der Waals surface area contributed by atoms with Gasteiger partial charge in [0.05, 0.1) is 13.2 Å². The van der Waals surface area contributed by atoms with E-state index in [1.165, 1.54) is 12.0 Å². The lowest BCUT2D eigenvalue weighted by Crippen LogP contribution is -2.50. The van der Waals surface area contributed by atoms with Crippen LogP contribution < -0.4 is 10.6 Å². The van der Waals surface area contributed by atoms with E-state index in [0.29, 0.717) is 10.8 Å². The zero-order valence-electron chi connectivity index (χ0n) is 11.3. The number of esters is 1. The van der Waals surface area contributed by atoms with Crippen LogP contribution in [0.5, 0.6) is 0 Å². The van der Waals surface area contributed by atoms with Crippen LogP contribution in [-0.4, -0.2) is 24.4 Å². The van der Waals surface area contributed by atoms with Gasteiger partial charge in [0.25, 0.3) is 0 Å². The van der Waals surface area contributed by atoms with Crippen LogP contribution in [0.4, 0.5) is 0 Å². The maximum Gasteiger partial charge on any atom is 0.317 e. The highest BCUT2D eigenvalue weighted by atomic mass is 32.2. The number of hydrogen-bond acceptors (Lipinski definition) is 4. The Morgan fingerprint density at radius 3 is 2.60 bits per heavy atom. The molecule has 1 fully saturated rings. The molecule has 0 radical (unpaired) electrons. The Hall–Kier alpha value is -1.53. The van der Waals surface area contributed by atoms with Gasteiger partial charge < -0.3 is 15.4 Å². The number of thiocarbonyl (C=S) groups is 1. The van der Waals surface area contributed by atoms with Crippen LogP contribution in [0.25, 0.3) is 0 Å². The molecule has 2 rings (SSSR count). The molecule has 1 heterocycles. The number of thioether (sulfide) groups is 1. The Labute approximate surface area is 128 Å². The highest BCUT2D eigenvalue weighted by Crippen LogP contribution is 2.31. The summed E-state index contributed by atoms with van der Waals surface area (Å²) in [4.78, 5) is 13.1. The maximum atomic E-state index is 12.0. The molecule has 6 heteroatoms. The summed E-state index contributed by atoms with van der Waals surface area (Å²) in [7, 11) is 1.37. The van der Waals surface area contributed by atoms with Crippen LogP contribution in [0.1, 0.15) is 11.6 Å². The van der Waals surface area contributed by atoms with E-state index in [0.717, 1.165) is 5.56 Å². The zero-order chi connectivity index (χ0) is 14.7. The molecule has 0 aromatic heterocycles. The second-order valence-corrected chi connectivity index (χ2v) is 5.66. The van der Waals surface area contributed by atoms with Crippen molar-refractivity contribution in [3.8, 4) is 0 Å². The first-order chi connectivity index (χ1) is 9.56. The fourth-order valence-electron chi connectivity index (χ4n) is 2.18. The minimum atomic E-state index is -0.508. The summed E-state index contributed by atoms with van der Waals surface area (Å²) < 4.78 is 4.86. The molecule has 0 spiro atoms. The third-order valence-electron chi connectivity index (χ3n) is 3.20. The van der Waals surface area contributed by atoms with Gasteiger partial charge in [-0.15, -0.1) is 11.8 Å². The minimum Gasteiger partial charge on any atom is -0.468 e. The van der Waals surface area contributed by atoms with Crippen molar-refractivity contribution < 1.29 is 9.53 Å². The Balaban J connectivity index is 2.34. The van der Waals surface area contributed by atoms with Crippen LogP contribution in [0.3, 0.4) is 0 Å². The molecule has 1 aliphatic rings. The fraction of sp³-hybridized carbons (Fsp3) is 0.286. The van der Waals surface area contributed by atoms with E-state index in [4.69, 9.17) is 17.0 Å². The Morgan fingerprint density at radius 1 is 1.40 bits per heavy atom. The van der Waals surface area contributed by atoms with Gasteiger partial charge in [-0.05, 0) is 36.2 Å². The van der Waals surface area contributed by atoms with Gasteiger partial charge in [0.15, 0.2) is 5.11 Å². The number of carbonyl (C=O) groups is 1. The molecule has 1 saturated heterocycles. The first-order valence-corrected chi connectivity index (χ1v) is 7.68. The van der Waals surface area contributed by atoms with E-state index in [-0.39, 0.29) is 12.0 Å². The van der Waals surface area contributed by atoms with Crippen molar-refractivity contribution in [2.24, 2.45) is 5.92 Å². The van der Waals surface area contributed by atoms with Crippen LogP contribution >= 0.6 is 24.0 Å². The Morgan fingerprint density at radius 2 is 2.05 bits per heavy atom. The van der Waals surface area contributed by atoms with Gasteiger partial charge in [0.2, 0.25) is 0 Å². The maximum absolute atomic E-state index is 12.0. The average molecular weight is 308 g/mol. The topological polar surface area (TPSA) is 50.4 Å². The predicted molar refractivity (Wildman–Crippen MR) is 84.5 cm³/mol. The molecule has 1 aromatic rings. The second kappa shape index (κ2) is 6.28. The van der Waals surface area contributed by atoms with Crippen molar-refractivity contribution in [3.63, 3.8) is 0 Å². The molecule has 4 nitrogen and oxygen atoms in total. The molecular weight excluding hydrogens is 292 g/mol. The van der Waals surface area contributed by atoms with Crippen molar-refractivity contribution in [2.45, 2.75) is 10.9 Å². The third kappa shape index (κ3) is 2.96. The summed E-state index contributed by atoms with van der Waals surface area (Å²) in [5.41, 5.74) is 1.53. The highest BCUT2D eigenvalue weighted by Gasteiger charge is 2.37. The van der Waals surface area contributed by atoms with Gasteiger partial charge >= 0.3 is 5.97 Å². The summed E-state index contributed by atoms with van der Waals surface area (Å²) in [6.45, 7) is 3.88. The molecule has 1 aliphatic heterocycles. The van der Waals surface area contributed by atoms with E-state index >= 15 is 0 Å². The molecular formula is C14H16N2O2S2. The Bertz CT molecular complexity index is 543. The molecule has 2 atom stereocenters. The van der Waals surface area contributed by atoms with Gasteiger partial charge in [-0.1, -0.05) is 18.7 Å². The monoisotopic (exact) mass is 308 g/mol. The van der Waals surface area contributed by atoms with Crippen molar-refractivity contribution in [1.29, 1.82) is 0 Å². The summed E-state index contributed by atoms with van der Waals surface area (Å²) in [5.74, 6) is -0.844. The highest BCUT2D eigenvalue weighted by molar-refractivity contribution is 7.98. The second-order valence-electron chi connectivity index (χ2n) is 4.38. The molecule has 0 amide bonds. The number of carbonyl (C=O) groups excluding carboxylic acids is 1. The summed E-state index contributed by atoms with van der Waals surface area (Å²) >= 11 is 6.81. The number of methoxy groups -OCH3 is 1. The van der Waals surface area contributed by atoms with Gasteiger partial charge in [0.1, 0.15) is 5.92 Å².